The lowest BCUT2D eigenvalue weighted by atomic mass is 10.2. The minimum Gasteiger partial charge on any atom is -0.484 e. The Morgan fingerprint density at radius 3 is 2.50 bits per heavy atom. The van der Waals surface area contributed by atoms with Crippen LogP contribution in [0.3, 0.4) is 0 Å². The van der Waals surface area contributed by atoms with Crippen molar-refractivity contribution in [2.75, 3.05) is 11.9 Å². The molecule has 0 atom stereocenters. The number of carbonyl (C=O) groups excluding carboxylic acids is 1. The summed E-state index contributed by atoms with van der Waals surface area (Å²) in [4.78, 5) is 16.4. The Hall–Kier alpha value is -4.19. The highest BCUT2D eigenvalue weighted by atomic mass is 16.5. The number of hydrogen-bond acceptors (Lipinski definition) is 5. The molecule has 0 saturated carbocycles. The molecule has 1 amide bonds. The second kappa shape index (κ2) is 9.34. The van der Waals surface area contributed by atoms with E-state index in [-0.39, 0.29) is 12.5 Å². The molecule has 0 saturated heterocycles. The van der Waals surface area contributed by atoms with Crippen molar-refractivity contribution >= 4 is 23.7 Å². The first-order valence-electron chi connectivity index (χ1n) is 9.41. The number of nitrogens with zero attached hydrogens (tertiary/aromatic N) is 2. The zero-order valence-electron chi connectivity index (χ0n) is 16.1. The summed E-state index contributed by atoms with van der Waals surface area (Å²) >= 11 is 0. The fourth-order valence-electron chi connectivity index (χ4n) is 2.74. The summed E-state index contributed by atoms with van der Waals surface area (Å²) in [7, 11) is 0. The summed E-state index contributed by atoms with van der Waals surface area (Å²) in [6, 6.07) is 26.3. The van der Waals surface area contributed by atoms with E-state index < -0.39 is 0 Å². The van der Waals surface area contributed by atoms with Gasteiger partial charge in [-0.05, 0) is 35.9 Å². The van der Waals surface area contributed by atoms with Gasteiger partial charge in [0.15, 0.2) is 6.61 Å². The van der Waals surface area contributed by atoms with Crippen LogP contribution >= 0.6 is 0 Å². The van der Waals surface area contributed by atoms with Crippen molar-refractivity contribution in [3.63, 3.8) is 0 Å². The third kappa shape index (κ3) is 5.20. The van der Waals surface area contributed by atoms with Gasteiger partial charge in [-0.1, -0.05) is 65.8 Å². The Morgan fingerprint density at radius 2 is 1.70 bits per heavy atom. The van der Waals surface area contributed by atoms with Crippen LogP contribution in [0, 0.1) is 0 Å². The lowest BCUT2D eigenvalue weighted by Crippen LogP contribution is -2.20. The predicted octanol–water partition coefficient (Wildman–Crippen LogP) is 4.92. The van der Waals surface area contributed by atoms with Gasteiger partial charge in [0.25, 0.3) is 11.8 Å². The van der Waals surface area contributed by atoms with Crippen LogP contribution in [0.15, 0.2) is 89.5 Å². The monoisotopic (exact) mass is 397 g/mol. The summed E-state index contributed by atoms with van der Waals surface area (Å²) in [6.07, 6.45) is 3.67. The average Bonchev–Trinajstić information content (AvgIpc) is 3.27. The first kappa shape index (κ1) is 19.1. The number of rotatable bonds is 7. The van der Waals surface area contributed by atoms with Crippen LogP contribution in [-0.4, -0.2) is 22.7 Å². The van der Waals surface area contributed by atoms with Crippen molar-refractivity contribution in [1.82, 2.24) is 10.1 Å². The number of ether oxygens (including phenoxy) is 1. The molecular weight excluding hydrogens is 378 g/mol. The molecular formula is C24H19N3O3. The Balaban J connectivity index is 1.38. The molecule has 1 N–H and O–H groups in total. The van der Waals surface area contributed by atoms with Crippen molar-refractivity contribution in [2.45, 2.75) is 0 Å². The smallest absolute Gasteiger partial charge is 0.262 e. The van der Waals surface area contributed by atoms with Crippen molar-refractivity contribution < 1.29 is 14.1 Å². The van der Waals surface area contributed by atoms with Gasteiger partial charge in [-0.3, -0.25) is 4.79 Å². The largest absolute Gasteiger partial charge is 0.484 e. The second-order valence-electron chi connectivity index (χ2n) is 6.43. The number of hydrogen-bond donors (Lipinski definition) is 1. The van der Waals surface area contributed by atoms with E-state index in [1.807, 2.05) is 78.9 Å². The highest BCUT2D eigenvalue weighted by Gasteiger charge is 2.09. The first-order chi connectivity index (χ1) is 14.8. The van der Waals surface area contributed by atoms with E-state index in [0.717, 1.165) is 16.8 Å². The van der Waals surface area contributed by atoms with Gasteiger partial charge < -0.3 is 14.6 Å². The van der Waals surface area contributed by atoms with Crippen LogP contribution in [0.2, 0.25) is 0 Å². The molecule has 6 nitrogen and oxygen atoms in total. The summed E-state index contributed by atoms with van der Waals surface area (Å²) in [5, 5.41) is 6.80. The van der Waals surface area contributed by atoms with Gasteiger partial charge in [-0.25, -0.2) is 0 Å². The molecule has 0 bridgehead atoms. The Labute approximate surface area is 173 Å². The highest BCUT2D eigenvalue weighted by Crippen LogP contribution is 2.22. The summed E-state index contributed by atoms with van der Waals surface area (Å²) in [5.74, 6) is 1.16. The van der Waals surface area contributed by atoms with Crippen molar-refractivity contribution in [1.29, 1.82) is 0 Å². The molecule has 4 rings (SSSR count). The van der Waals surface area contributed by atoms with Crippen molar-refractivity contribution in [3.05, 3.63) is 96.4 Å². The van der Waals surface area contributed by atoms with E-state index >= 15 is 0 Å². The number of anilines is 1. The van der Waals surface area contributed by atoms with Crippen LogP contribution in [0.5, 0.6) is 5.75 Å². The van der Waals surface area contributed by atoms with Crippen LogP contribution < -0.4 is 10.1 Å². The maximum Gasteiger partial charge on any atom is 0.262 e. The maximum atomic E-state index is 12.0. The van der Waals surface area contributed by atoms with Gasteiger partial charge in [0.05, 0.1) is 0 Å². The van der Waals surface area contributed by atoms with Crippen LogP contribution in [-0.2, 0) is 4.79 Å². The standard InChI is InChI=1S/C24H19N3O3/c28-22(25-20-11-5-2-6-12-20)17-29-21-13-7-10-19(16-21)24-26-23(30-27-24)15-14-18-8-3-1-4-9-18/h1-16H,17H2,(H,25,28)/b15-14+. The average molecular weight is 397 g/mol. The number of aromatic nitrogens is 2. The number of benzene rings is 3. The van der Waals surface area contributed by atoms with Gasteiger partial charge >= 0.3 is 0 Å². The predicted molar refractivity (Wildman–Crippen MR) is 116 cm³/mol. The van der Waals surface area contributed by atoms with Gasteiger partial charge in [0.1, 0.15) is 5.75 Å². The third-order valence-corrected chi connectivity index (χ3v) is 4.18. The molecule has 3 aromatic carbocycles. The SMILES string of the molecule is O=C(COc1cccc(-c2noc(/C=C/c3ccccc3)n2)c1)Nc1ccccc1. The zero-order valence-corrected chi connectivity index (χ0v) is 16.1. The molecule has 30 heavy (non-hydrogen) atoms. The van der Waals surface area contributed by atoms with Gasteiger partial charge in [-0.15, -0.1) is 0 Å². The third-order valence-electron chi connectivity index (χ3n) is 4.18. The number of para-hydroxylation sites is 1. The molecule has 6 heteroatoms. The van der Waals surface area contributed by atoms with Crippen LogP contribution in [0.4, 0.5) is 5.69 Å². The summed E-state index contributed by atoms with van der Waals surface area (Å²) in [5.41, 5.74) is 2.50. The van der Waals surface area contributed by atoms with Gasteiger partial charge in [0.2, 0.25) is 5.82 Å². The lowest BCUT2D eigenvalue weighted by Gasteiger charge is -2.08. The highest BCUT2D eigenvalue weighted by molar-refractivity contribution is 5.91. The van der Waals surface area contributed by atoms with Crippen LogP contribution in [0.25, 0.3) is 23.5 Å². The molecule has 0 radical (unpaired) electrons. The van der Waals surface area contributed by atoms with E-state index in [2.05, 4.69) is 15.5 Å². The van der Waals surface area contributed by atoms with Crippen molar-refractivity contribution in [3.8, 4) is 17.1 Å². The molecule has 0 aliphatic carbocycles. The number of carbonyl (C=O) groups is 1. The molecule has 148 valence electrons. The van der Waals surface area contributed by atoms with Crippen molar-refractivity contribution in [2.24, 2.45) is 0 Å². The molecule has 1 heterocycles. The molecule has 0 spiro atoms. The van der Waals surface area contributed by atoms with E-state index in [1.165, 1.54) is 0 Å². The Kier molecular flexibility index (Phi) is 5.96. The van der Waals surface area contributed by atoms with E-state index in [1.54, 1.807) is 18.2 Å². The minimum atomic E-state index is -0.237. The second-order valence-corrected chi connectivity index (χ2v) is 6.43. The van der Waals surface area contributed by atoms with Gasteiger partial charge in [0, 0.05) is 17.3 Å². The fourth-order valence-corrected chi connectivity index (χ4v) is 2.74. The number of amides is 1. The van der Waals surface area contributed by atoms with Crippen LogP contribution in [0.1, 0.15) is 11.5 Å². The Bertz CT molecular complexity index is 1140. The quantitative estimate of drug-likeness (QED) is 0.479. The molecule has 0 aliphatic heterocycles. The Morgan fingerprint density at radius 1 is 0.933 bits per heavy atom. The minimum absolute atomic E-state index is 0.102. The molecule has 1 aromatic heterocycles. The first-order valence-corrected chi connectivity index (χ1v) is 9.41. The molecule has 0 fully saturated rings. The zero-order chi connectivity index (χ0) is 20.6. The molecule has 0 unspecified atom stereocenters. The normalized spacial score (nSPS) is 10.8. The number of nitrogens with one attached hydrogen (secondary N) is 1. The van der Waals surface area contributed by atoms with Gasteiger partial charge in [-0.2, -0.15) is 4.98 Å². The van der Waals surface area contributed by atoms with E-state index in [4.69, 9.17) is 9.26 Å². The maximum absolute atomic E-state index is 12.0. The summed E-state index contributed by atoms with van der Waals surface area (Å²) in [6.45, 7) is -0.102. The van der Waals surface area contributed by atoms with E-state index in [9.17, 15) is 4.79 Å². The van der Waals surface area contributed by atoms with E-state index in [0.29, 0.717) is 17.5 Å². The molecule has 4 aromatic rings. The summed E-state index contributed by atoms with van der Waals surface area (Å²) < 4.78 is 10.9. The lowest BCUT2D eigenvalue weighted by molar-refractivity contribution is -0.118. The topological polar surface area (TPSA) is 77.2 Å². The molecule has 0 aliphatic rings. The fraction of sp³-hybridized carbons (Fsp3) is 0.0417.